The van der Waals surface area contributed by atoms with Gasteiger partial charge < -0.3 is 10.1 Å². The van der Waals surface area contributed by atoms with Crippen LogP contribution in [-0.2, 0) is 13.0 Å². The van der Waals surface area contributed by atoms with Crippen molar-refractivity contribution in [2.24, 2.45) is 0 Å². The van der Waals surface area contributed by atoms with Gasteiger partial charge >= 0.3 is 0 Å². The largest absolute Gasteiger partial charge is 0.488 e. The fraction of sp³-hybridized carbons (Fsp3) is 0.333. The van der Waals surface area contributed by atoms with Gasteiger partial charge in [-0.1, -0.05) is 0 Å². The van der Waals surface area contributed by atoms with Gasteiger partial charge in [0.05, 0.1) is 15.6 Å². The molecule has 104 valence electrons. The quantitative estimate of drug-likeness (QED) is 0.944. The lowest BCUT2D eigenvalue weighted by molar-refractivity contribution is 0.0946. The summed E-state index contributed by atoms with van der Waals surface area (Å²) >= 11 is 1.66. The lowest BCUT2D eigenvalue weighted by atomic mass is 10.0. The number of nitrogens with one attached hydrogen (secondary N) is 1. The van der Waals surface area contributed by atoms with Crippen LogP contribution >= 0.6 is 11.3 Å². The number of carbonyl (C=O) groups excluding carboxylic acids is 1. The first kappa shape index (κ1) is 13.1. The molecule has 0 saturated carbocycles. The highest BCUT2D eigenvalue weighted by atomic mass is 32.1. The molecule has 1 aromatic heterocycles. The van der Waals surface area contributed by atoms with Crippen molar-refractivity contribution in [1.29, 1.82) is 0 Å². The van der Waals surface area contributed by atoms with E-state index in [0.29, 0.717) is 13.2 Å². The van der Waals surface area contributed by atoms with Gasteiger partial charge in [-0.3, -0.25) is 4.79 Å². The SMILES string of the molecule is Cc1nc(C)c(COc2ccc3c(c2)CCNC3=O)s1. The minimum atomic E-state index is 0.00623. The molecule has 0 fully saturated rings. The maximum Gasteiger partial charge on any atom is 0.251 e. The Morgan fingerprint density at radius 3 is 3.00 bits per heavy atom. The fourth-order valence-corrected chi connectivity index (χ4v) is 3.20. The van der Waals surface area contributed by atoms with E-state index in [0.717, 1.165) is 38.9 Å². The minimum Gasteiger partial charge on any atom is -0.488 e. The Labute approximate surface area is 121 Å². The van der Waals surface area contributed by atoms with E-state index in [9.17, 15) is 4.79 Å². The first-order valence-corrected chi connectivity index (χ1v) is 7.42. The Balaban J connectivity index is 1.75. The average molecular weight is 288 g/mol. The number of aryl methyl sites for hydroxylation is 2. The molecule has 3 rings (SSSR count). The fourth-order valence-electron chi connectivity index (χ4n) is 2.35. The summed E-state index contributed by atoms with van der Waals surface area (Å²) in [5.74, 6) is 0.815. The Morgan fingerprint density at radius 1 is 1.40 bits per heavy atom. The standard InChI is InChI=1S/C15H16N2O2S/c1-9-14(20-10(2)17-9)8-19-12-3-4-13-11(7-12)5-6-16-15(13)18/h3-4,7H,5-6,8H2,1-2H3,(H,16,18). The van der Waals surface area contributed by atoms with E-state index < -0.39 is 0 Å². The van der Waals surface area contributed by atoms with Gasteiger partial charge in [0, 0.05) is 12.1 Å². The number of aromatic nitrogens is 1. The van der Waals surface area contributed by atoms with Gasteiger partial charge in [-0.05, 0) is 44.0 Å². The number of hydrogen-bond acceptors (Lipinski definition) is 4. The zero-order chi connectivity index (χ0) is 14.1. The molecule has 0 bridgehead atoms. The highest BCUT2D eigenvalue weighted by Gasteiger charge is 2.16. The van der Waals surface area contributed by atoms with Crippen LogP contribution in [-0.4, -0.2) is 17.4 Å². The number of rotatable bonds is 3. The highest BCUT2D eigenvalue weighted by molar-refractivity contribution is 7.11. The van der Waals surface area contributed by atoms with Gasteiger partial charge in [0.15, 0.2) is 0 Å². The van der Waals surface area contributed by atoms with Crippen molar-refractivity contribution in [1.82, 2.24) is 10.3 Å². The van der Waals surface area contributed by atoms with Crippen LogP contribution < -0.4 is 10.1 Å². The Morgan fingerprint density at radius 2 is 2.25 bits per heavy atom. The third kappa shape index (κ3) is 2.54. The first-order valence-electron chi connectivity index (χ1n) is 6.60. The molecule has 0 aliphatic carbocycles. The normalized spacial score (nSPS) is 13.8. The molecule has 1 aliphatic heterocycles. The predicted octanol–water partition coefficient (Wildman–Crippen LogP) is 2.62. The Hall–Kier alpha value is -1.88. The maximum atomic E-state index is 11.7. The number of ether oxygens (including phenoxy) is 1. The van der Waals surface area contributed by atoms with E-state index in [-0.39, 0.29) is 5.91 Å². The number of amides is 1. The van der Waals surface area contributed by atoms with E-state index in [1.807, 2.05) is 32.0 Å². The van der Waals surface area contributed by atoms with Crippen LogP contribution in [0.2, 0.25) is 0 Å². The number of fused-ring (bicyclic) bond motifs is 1. The second kappa shape index (κ2) is 5.25. The third-order valence-electron chi connectivity index (χ3n) is 3.37. The van der Waals surface area contributed by atoms with Crippen LogP contribution in [0.4, 0.5) is 0 Å². The van der Waals surface area contributed by atoms with Crippen LogP contribution in [0.5, 0.6) is 5.75 Å². The molecule has 2 heterocycles. The molecule has 1 aromatic carbocycles. The summed E-state index contributed by atoms with van der Waals surface area (Å²) in [5.41, 5.74) is 2.85. The minimum absolute atomic E-state index is 0.00623. The van der Waals surface area contributed by atoms with Gasteiger partial charge in [-0.25, -0.2) is 4.98 Å². The van der Waals surface area contributed by atoms with E-state index >= 15 is 0 Å². The summed E-state index contributed by atoms with van der Waals surface area (Å²) in [6, 6.07) is 5.66. The number of carbonyl (C=O) groups is 1. The zero-order valence-corrected chi connectivity index (χ0v) is 12.3. The van der Waals surface area contributed by atoms with E-state index in [1.54, 1.807) is 11.3 Å². The summed E-state index contributed by atoms with van der Waals surface area (Å²) in [6.07, 6.45) is 0.858. The predicted molar refractivity (Wildman–Crippen MR) is 78.4 cm³/mol. The number of benzene rings is 1. The molecular formula is C15H16N2O2S. The van der Waals surface area contributed by atoms with E-state index in [4.69, 9.17) is 4.74 Å². The van der Waals surface area contributed by atoms with Gasteiger partial charge in [0.25, 0.3) is 5.91 Å². The third-order valence-corrected chi connectivity index (χ3v) is 4.42. The van der Waals surface area contributed by atoms with Gasteiger partial charge in [-0.15, -0.1) is 11.3 Å². The van der Waals surface area contributed by atoms with Gasteiger partial charge in [0.1, 0.15) is 12.4 Å². The summed E-state index contributed by atoms with van der Waals surface area (Å²) < 4.78 is 5.83. The molecule has 1 aliphatic rings. The monoisotopic (exact) mass is 288 g/mol. The summed E-state index contributed by atoms with van der Waals surface area (Å²) in [5, 5.41) is 3.90. The molecule has 2 aromatic rings. The van der Waals surface area contributed by atoms with Crippen molar-refractivity contribution < 1.29 is 9.53 Å². The second-order valence-corrected chi connectivity index (χ2v) is 6.14. The molecule has 1 N–H and O–H groups in total. The van der Waals surface area contributed by atoms with Crippen molar-refractivity contribution in [2.45, 2.75) is 26.9 Å². The van der Waals surface area contributed by atoms with Crippen LogP contribution in [0.3, 0.4) is 0 Å². The molecule has 0 radical (unpaired) electrons. The summed E-state index contributed by atoms with van der Waals surface area (Å²) in [4.78, 5) is 17.2. The van der Waals surface area contributed by atoms with E-state index in [2.05, 4.69) is 10.3 Å². The van der Waals surface area contributed by atoms with Crippen LogP contribution in [0.1, 0.15) is 31.5 Å². The lowest BCUT2D eigenvalue weighted by Gasteiger charge is -2.17. The van der Waals surface area contributed by atoms with Gasteiger partial charge in [0.2, 0.25) is 0 Å². The molecule has 0 atom stereocenters. The van der Waals surface area contributed by atoms with Crippen molar-refractivity contribution >= 4 is 17.2 Å². The highest BCUT2D eigenvalue weighted by Crippen LogP contribution is 2.23. The zero-order valence-electron chi connectivity index (χ0n) is 11.5. The maximum absolute atomic E-state index is 11.7. The number of nitrogens with zero attached hydrogens (tertiary/aromatic N) is 1. The molecular weight excluding hydrogens is 272 g/mol. The van der Waals surface area contributed by atoms with Crippen molar-refractivity contribution in [3.63, 3.8) is 0 Å². The van der Waals surface area contributed by atoms with Crippen molar-refractivity contribution in [2.75, 3.05) is 6.54 Å². The first-order chi connectivity index (χ1) is 9.63. The Bertz CT molecular complexity index is 664. The van der Waals surface area contributed by atoms with Crippen LogP contribution in [0, 0.1) is 13.8 Å². The van der Waals surface area contributed by atoms with E-state index in [1.165, 1.54) is 0 Å². The topological polar surface area (TPSA) is 51.2 Å². The molecule has 1 amide bonds. The van der Waals surface area contributed by atoms with Crippen LogP contribution in [0.25, 0.3) is 0 Å². The van der Waals surface area contributed by atoms with Crippen molar-refractivity contribution in [3.05, 3.63) is 44.9 Å². The molecule has 0 saturated heterocycles. The van der Waals surface area contributed by atoms with Crippen molar-refractivity contribution in [3.8, 4) is 5.75 Å². The Kier molecular flexibility index (Phi) is 3.44. The smallest absolute Gasteiger partial charge is 0.251 e. The molecule has 5 heteroatoms. The second-order valence-electron chi connectivity index (χ2n) is 4.85. The van der Waals surface area contributed by atoms with Gasteiger partial charge in [-0.2, -0.15) is 0 Å². The summed E-state index contributed by atoms with van der Waals surface area (Å²) in [7, 11) is 0. The number of thiazole rings is 1. The number of hydrogen-bond donors (Lipinski definition) is 1. The molecule has 20 heavy (non-hydrogen) atoms. The molecule has 4 nitrogen and oxygen atoms in total. The summed E-state index contributed by atoms with van der Waals surface area (Å²) in [6.45, 7) is 5.23. The molecule has 0 spiro atoms. The van der Waals surface area contributed by atoms with Crippen LogP contribution in [0.15, 0.2) is 18.2 Å². The molecule has 0 unspecified atom stereocenters. The lowest BCUT2D eigenvalue weighted by Crippen LogP contribution is -2.31. The average Bonchev–Trinajstić information content (AvgIpc) is 2.75.